The van der Waals surface area contributed by atoms with Crippen molar-refractivity contribution in [2.75, 3.05) is 13.1 Å². The second-order valence-electron chi connectivity index (χ2n) is 6.10. The first-order chi connectivity index (χ1) is 11.1. The third-order valence-electron chi connectivity index (χ3n) is 4.54. The van der Waals surface area contributed by atoms with Gasteiger partial charge in [0, 0.05) is 25.4 Å². The Hall–Kier alpha value is -2.21. The number of benzene rings is 1. The van der Waals surface area contributed by atoms with Crippen molar-refractivity contribution in [3.05, 3.63) is 53.9 Å². The van der Waals surface area contributed by atoms with Gasteiger partial charge in [0.2, 0.25) is 5.91 Å². The molecule has 0 aliphatic carbocycles. The van der Waals surface area contributed by atoms with E-state index in [9.17, 15) is 9.18 Å². The van der Waals surface area contributed by atoms with Gasteiger partial charge in [0.05, 0.1) is 0 Å². The van der Waals surface area contributed by atoms with E-state index in [2.05, 4.69) is 15.6 Å². The number of halogens is 1. The van der Waals surface area contributed by atoms with Crippen LogP contribution in [0.3, 0.4) is 0 Å². The van der Waals surface area contributed by atoms with E-state index < -0.39 is 6.04 Å². The molecule has 0 saturated carbocycles. The van der Waals surface area contributed by atoms with Crippen molar-refractivity contribution < 1.29 is 9.18 Å². The number of hydrogen-bond donors (Lipinski definition) is 2. The quantitative estimate of drug-likeness (QED) is 0.881. The van der Waals surface area contributed by atoms with Crippen LogP contribution < -0.4 is 10.6 Å². The van der Waals surface area contributed by atoms with Crippen molar-refractivity contribution in [2.24, 2.45) is 18.9 Å². The Kier molecular flexibility index (Phi) is 4.43. The highest BCUT2D eigenvalue weighted by Gasteiger charge is 2.31. The predicted octanol–water partition coefficient (Wildman–Crippen LogP) is 1.62. The summed E-state index contributed by atoms with van der Waals surface area (Å²) >= 11 is 0. The Balaban J connectivity index is 1.84. The number of carbonyl (C=O) groups excluding carboxylic acids is 1. The summed E-state index contributed by atoms with van der Waals surface area (Å²) in [4.78, 5) is 16.9. The number of aromatic nitrogens is 2. The average Bonchev–Trinajstić information content (AvgIpc) is 2.90. The van der Waals surface area contributed by atoms with Gasteiger partial charge in [-0.2, -0.15) is 0 Å². The molecule has 0 bridgehead atoms. The fraction of sp³-hybridized carbons (Fsp3) is 0.412. The lowest BCUT2D eigenvalue weighted by Gasteiger charge is -2.32. The molecule has 1 aromatic heterocycles. The van der Waals surface area contributed by atoms with Gasteiger partial charge < -0.3 is 15.2 Å². The van der Waals surface area contributed by atoms with Crippen LogP contribution in [-0.2, 0) is 11.8 Å². The molecule has 6 heteroatoms. The van der Waals surface area contributed by atoms with E-state index in [0.717, 1.165) is 24.5 Å². The number of nitrogens with one attached hydrogen (secondary N) is 2. The highest BCUT2D eigenvalue weighted by molar-refractivity contribution is 5.79. The van der Waals surface area contributed by atoms with Crippen LogP contribution in [0.4, 0.5) is 4.39 Å². The first-order valence-corrected chi connectivity index (χ1v) is 7.80. The van der Waals surface area contributed by atoms with Gasteiger partial charge >= 0.3 is 0 Å². The average molecular weight is 316 g/mol. The lowest BCUT2D eigenvalue weighted by atomic mass is 9.88. The molecule has 3 rings (SSSR count). The summed E-state index contributed by atoms with van der Waals surface area (Å²) in [6, 6.07) is 5.78. The van der Waals surface area contributed by atoms with Crippen molar-refractivity contribution in [1.82, 2.24) is 20.2 Å². The second-order valence-corrected chi connectivity index (χ2v) is 6.10. The number of nitrogens with zero attached hydrogens (tertiary/aromatic N) is 2. The topological polar surface area (TPSA) is 59.0 Å². The Bertz CT molecular complexity index is 678. The summed E-state index contributed by atoms with van der Waals surface area (Å²) < 4.78 is 15.1. The number of carbonyl (C=O) groups is 1. The van der Waals surface area contributed by atoms with E-state index in [1.165, 1.54) is 12.1 Å². The first kappa shape index (κ1) is 15.7. The van der Waals surface area contributed by atoms with Crippen molar-refractivity contribution in [1.29, 1.82) is 0 Å². The number of amides is 1. The van der Waals surface area contributed by atoms with Crippen LogP contribution in [0.25, 0.3) is 0 Å². The summed E-state index contributed by atoms with van der Waals surface area (Å²) in [5.74, 6) is 0.718. The zero-order valence-electron chi connectivity index (χ0n) is 13.3. The molecule has 5 nitrogen and oxygen atoms in total. The number of aryl methyl sites for hydroxylation is 1. The molecule has 1 aliphatic heterocycles. The fourth-order valence-corrected chi connectivity index (χ4v) is 2.76. The van der Waals surface area contributed by atoms with Gasteiger partial charge in [-0.15, -0.1) is 0 Å². The fourth-order valence-electron chi connectivity index (χ4n) is 2.76. The Morgan fingerprint density at radius 1 is 1.39 bits per heavy atom. The number of rotatable bonds is 5. The van der Waals surface area contributed by atoms with Crippen LogP contribution in [0.15, 0.2) is 36.7 Å². The minimum Gasteiger partial charge on any atom is -0.342 e. The Labute approximate surface area is 134 Å². The molecule has 2 N–H and O–H groups in total. The largest absolute Gasteiger partial charge is 0.342 e. The number of hydrogen-bond acceptors (Lipinski definition) is 3. The lowest BCUT2D eigenvalue weighted by molar-refractivity contribution is -0.127. The standard InChI is InChI=1S/C17H21FN4O/c1-11(13-9-19-10-13)17(23)21-15(16-20-7-8-22(16)2)12-3-5-14(18)6-4-12/h3-8,11,13,15,19H,9-10H2,1-2H3,(H,21,23). The molecule has 2 unspecified atom stereocenters. The van der Waals surface area contributed by atoms with Crippen LogP contribution in [0.1, 0.15) is 24.4 Å². The molecular formula is C17H21FN4O. The van der Waals surface area contributed by atoms with Gasteiger partial charge in [-0.05, 0) is 36.7 Å². The van der Waals surface area contributed by atoms with Crippen molar-refractivity contribution in [3.63, 3.8) is 0 Å². The van der Waals surface area contributed by atoms with E-state index in [1.807, 2.05) is 24.7 Å². The number of imidazole rings is 1. The molecule has 1 amide bonds. The van der Waals surface area contributed by atoms with Crippen LogP contribution in [0.5, 0.6) is 0 Å². The SMILES string of the molecule is CC(C(=O)NC(c1ccc(F)cc1)c1nccn1C)C1CNC1. The maximum atomic E-state index is 13.2. The maximum Gasteiger partial charge on any atom is 0.224 e. The van der Waals surface area contributed by atoms with Gasteiger partial charge in [-0.25, -0.2) is 9.37 Å². The van der Waals surface area contributed by atoms with Crippen LogP contribution >= 0.6 is 0 Å². The zero-order valence-corrected chi connectivity index (χ0v) is 13.3. The molecule has 2 heterocycles. The van der Waals surface area contributed by atoms with Gasteiger partial charge in [0.1, 0.15) is 17.7 Å². The minimum atomic E-state index is -0.390. The Morgan fingerprint density at radius 3 is 2.61 bits per heavy atom. The molecule has 1 saturated heterocycles. The normalized spacial score (nSPS) is 17.3. The maximum absolute atomic E-state index is 13.2. The van der Waals surface area contributed by atoms with Crippen LogP contribution in [0.2, 0.25) is 0 Å². The molecular weight excluding hydrogens is 295 g/mol. The molecule has 2 aromatic rings. The van der Waals surface area contributed by atoms with Gasteiger partial charge in [-0.3, -0.25) is 4.79 Å². The van der Waals surface area contributed by atoms with Crippen molar-refractivity contribution in [2.45, 2.75) is 13.0 Å². The summed E-state index contributed by atoms with van der Waals surface area (Å²) in [5.41, 5.74) is 0.813. The third kappa shape index (κ3) is 3.27. The van der Waals surface area contributed by atoms with Gasteiger partial charge in [0.25, 0.3) is 0 Å². The Morgan fingerprint density at radius 2 is 2.09 bits per heavy atom. The van der Waals surface area contributed by atoms with E-state index in [0.29, 0.717) is 5.92 Å². The molecule has 23 heavy (non-hydrogen) atoms. The first-order valence-electron chi connectivity index (χ1n) is 7.80. The van der Waals surface area contributed by atoms with Crippen LogP contribution in [-0.4, -0.2) is 28.5 Å². The van der Waals surface area contributed by atoms with E-state index >= 15 is 0 Å². The minimum absolute atomic E-state index is 0.00572. The molecule has 122 valence electrons. The van der Waals surface area contributed by atoms with Crippen LogP contribution in [0, 0.1) is 17.7 Å². The lowest BCUT2D eigenvalue weighted by Crippen LogP contribution is -2.50. The summed E-state index contributed by atoms with van der Waals surface area (Å²) in [6.07, 6.45) is 3.52. The highest BCUT2D eigenvalue weighted by Crippen LogP contribution is 2.23. The zero-order chi connectivity index (χ0) is 16.4. The smallest absolute Gasteiger partial charge is 0.224 e. The molecule has 2 atom stereocenters. The molecule has 0 spiro atoms. The van der Waals surface area contributed by atoms with Gasteiger partial charge in [-0.1, -0.05) is 19.1 Å². The molecule has 1 aliphatic rings. The molecule has 1 aromatic carbocycles. The monoisotopic (exact) mass is 316 g/mol. The second kappa shape index (κ2) is 6.50. The van der Waals surface area contributed by atoms with Crippen molar-refractivity contribution in [3.8, 4) is 0 Å². The summed E-state index contributed by atoms with van der Waals surface area (Å²) in [6.45, 7) is 3.69. The predicted molar refractivity (Wildman–Crippen MR) is 85.1 cm³/mol. The summed E-state index contributed by atoms with van der Waals surface area (Å²) in [5, 5.41) is 6.26. The third-order valence-corrected chi connectivity index (χ3v) is 4.54. The molecule has 1 fully saturated rings. The van der Waals surface area contributed by atoms with E-state index in [4.69, 9.17) is 0 Å². The van der Waals surface area contributed by atoms with Crippen molar-refractivity contribution >= 4 is 5.91 Å². The highest BCUT2D eigenvalue weighted by atomic mass is 19.1. The van der Waals surface area contributed by atoms with E-state index in [1.54, 1.807) is 18.3 Å². The summed E-state index contributed by atoms with van der Waals surface area (Å²) in [7, 11) is 1.88. The van der Waals surface area contributed by atoms with E-state index in [-0.39, 0.29) is 17.6 Å². The molecule has 0 radical (unpaired) electrons. The van der Waals surface area contributed by atoms with Gasteiger partial charge in [0.15, 0.2) is 0 Å².